The van der Waals surface area contributed by atoms with Gasteiger partial charge in [0.05, 0.1) is 34.0 Å². The number of hydrogen-bond donors (Lipinski definition) is 0. The van der Waals surface area contributed by atoms with Gasteiger partial charge >= 0.3 is 12.4 Å². The molecule has 0 spiro atoms. The molecule has 1 atom stereocenters. The number of hydrogen-bond acceptors (Lipinski definition) is 4. The number of benzene rings is 2. The molecule has 0 N–H and O–H groups in total. The molecule has 1 saturated heterocycles. The van der Waals surface area contributed by atoms with Crippen molar-refractivity contribution in [1.82, 2.24) is 4.90 Å². The second kappa shape index (κ2) is 11.2. The zero-order chi connectivity index (χ0) is 28.5. The monoisotopic (exact) mass is 605 g/mol. The molecular formula is C24H23Cl2F6NO4S. The van der Waals surface area contributed by atoms with Gasteiger partial charge < -0.3 is 4.90 Å². The molecule has 0 saturated carbocycles. The van der Waals surface area contributed by atoms with Gasteiger partial charge in [0.2, 0.25) is 5.91 Å². The van der Waals surface area contributed by atoms with Crippen LogP contribution in [0.1, 0.15) is 47.9 Å². The highest BCUT2D eigenvalue weighted by molar-refractivity contribution is 7.85. The van der Waals surface area contributed by atoms with Crippen molar-refractivity contribution >= 4 is 39.2 Å². The van der Waals surface area contributed by atoms with Crippen LogP contribution in [-0.2, 0) is 43.4 Å². The number of likely N-dealkylation sites (tertiary alicyclic amines) is 1. The standard InChI is InChI=1S/C24H23Cl2F6NO4S/c1-38(35,36)37-8-2-6-22(16-3-4-19(25)20(26)12-16)7-5-21(34)33(14-22)13-15-9-17(23(27,28)29)11-18(10-15)24(30,31)32/h3-4,9-12H,2,5-8,13-14H2,1H3. The van der Waals surface area contributed by atoms with Crippen LogP contribution in [0, 0.1) is 0 Å². The molecule has 1 unspecified atom stereocenters. The van der Waals surface area contributed by atoms with E-state index in [0.717, 1.165) is 6.26 Å². The van der Waals surface area contributed by atoms with Crippen LogP contribution in [0.2, 0.25) is 10.0 Å². The number of carbonyl (C=O) groups excluding carboxylic acids is 1. The lowest BCUT2D eigenvalue weighted by Gasteiger charge is -2.43. The van der Waals surface area contributed by atoms with Gasteiger partial charge in [0.1, 0.15) is 0 Å². The van der Waals surface area contributed by atoms with Crippen LogP contribution in [0.15, 0.2) is 36.4 Å². The van der Waals surface area contributed by atoms with Gasteiger partial charge in [-0.3, -0.25) is 8.98 Å². The molecule has 210 valence electrons. The van der Waals surface area contributed by atoms with Gasteiger partial charge in [0, 0.05) is 24.9 Å². The topological polar surface area (TPSA) is 63.7 Å². The van der Waals surface area contributed by atoms with Gasteiger partial charge in [0.25, 0.3) is 10.1 Å². The first-order valence-electron chi connectivity index (χ1n) is 11.3. The normalized spacial score (nSPS) is 19.2. The highest BCUT2D eigenvalue weighted by atomic mass is 35.5. The van der Waals surface area contributed by atoms with Gasteiger partial charge in [-0.2, -0.15) is 34.8 Å². The third-order valence-corrected chi connectivity index (χ3v) is 7.65. The van der Waals surface area contributed by atoms with E-state index < -0.39 is 51.5 Å². The molecule has 0 bridgehead atoms. The number of rotatable bonds is 8. The van der Waals surface area contributed by atoms with Crippen molar-refractivity contribution in [3.8, 4) is 0 Å². The number of amides is 1. The third-order valence-electron chi connectivity index (χ3n) is 6.31. The number of alkyl halides is 6. The Morgan fingerprint density at radius 3 is 2.11 bits per heavy atom. The fraction of sp³-hybridized carbons (Fsp3) is 0.458. The van der Waals surface area contributed by atoms with Crippen LogP contribution in [0.5, 0.6) is 0 Å². The first kappa shape index (κ1) is 30.5. The predicted molar refractivity (Wildman–Crippen MR) is 129 cm³/mol. The number of carbonyl (C=O) groups is 1. The Bertz CT molecular complexity index is 1270. The quantitative estimate of drug-likeness (QED) is 0.188. The molecule has 3 rings (SSSR count). The Morgan fingerprint density at radius 2 is 1.58 bits per heavy atom. The molecule has 1 fully saturated rings. The van der Waals surface area contributed by atoms with Gasteiger partial charge in [-0.15, -0.1) is 0 Å². The summed E-state index contributed by atoms with van der Waals surface area (Å²) in [6.45, 7) is -0.701. The average Bonchev–Trinajstić information content (AvgIpc) is 2.79. The summed E-state index contributed by atoms with van der Waals surface area (Å²) in [5.41, 5.74) is -3.46. The molecule has 1 aliphatic heterocycles. The lowest BCUT2D eigenvalue weighted by atomic mass is 9.71. The summed E-state index contributed by atoms with van der Waals surface area (Å²) >= 11 is 12.2. The van der Waals surface area contributed by atoms with Crippen molar-refractivity contribution in [3.05, 3.63) is 68.7 Å². The van der Waals surface area contributed by atoms with E-state index in [1.807, 2.05) is 0 Å². The Hall–Kier alpha value is -2.02. The highest BCUT2D eigenvalue weighted by Crippen LogP contribution is 2.42. The molecule has 2 aromatic carbocycles. The lowest BCUT2D eigenvalue weighted by Crippen LogP contribution is -2.48. The maximum atomic E-state index is 13.3. The number of nitrogens with zero attached hydrogens (tertiary/aromatic N) is 1. The largest absolute Gasteiger partial charge is 0.416 e. The molecular weight excluding hydrogens is 583 g/mol. The summed E-state index contributed by atoms with van der Waals surface area (Å²) in [6.07, 6.45) is -8.38. The van der Waals surface area contributed by atoms with E-state index in [0.29, 0.717) is 24.1 Å². The Kier molecular flexibility index (Phi) is 9.02. The summed E-state index contributed by atoms with van der Waals surface area (Å²) in [7, 11) is -3.70. The van der Waals surface area contributed by atoms with E-state index >= 15 is 0 Å². The maximum Gasteiger partial charge on any atom is 0.416 e. The summed E-state index contributed by atoms with van der Waals surface area (Å²) in [6, 6.07) is 6.02. The van der Waals surface area contributed by atoms with Crippen molar-refractivity contribution in [2.75, 3.05) is 19.4 Å². The Labute approximate surface area is 225 Å². The molecule has 38 heavy (non-hydrogen) atoms. The van der Waals surface area contributed by atoms with Crippen LogP contribution in [-0.4, -0.2) is 38.6 Å². The van der Waals surface area contributed by atoms with Crippen LogP contribution in [0.25, 0.3) is 0 Å². The molecule has 0 aliphatic carbocycles. The van der Waals surface area contributed by atoms with Gasteiger partial charge in [0.15, 0.2) is 0 Å². The molecule has 1 amide bonds. The van der Waals surface area contributed by atoms with Gasteiger partial charge in [-0.05, 0) is 60.7 Å². The van der Waals surface area contributed by atoms with E-state index in [9.17, 15) is 39.6 Å². The molecule has 0 aromatic heterocycles. The minimum atomic E-state index is -5.02. The fourth-order valence-corrected chi connectivity index (χ4v) is 5.26. The minimum Gasteiger partial charge on any atom is -0.337 e. The van der Waals surface area contributed by atoms with E-state index in [2.05, 4.69) is 0 Å². The number of halogens is 8. The SMILES string of the molecule is CS(=O)(=O)OCCCC1(c2ccc(Cl)c(Cl)c2)CCC(=O)N(Cc2cc(C(F)(F)F)cc(C(F)(F)F)c2)C1. The first-order chi connectivity index (χ1) is 17.4. The van der Waals surface area contributed by atoms with Crippen molar-refractivity contribution in [2.45, 2.75) is 50.0 Å². The second-order valence-corrected chi connectivity index (χ2v) is 11.7. The summed E-state index contributed by atoms with van der Waals surface area (Å²) < 4.78 is 108. The summed E-state index contributed by atoms with van der Waals surface area (Å²) in [4.78, 5) is 14.0. The van der Waals surface area contributed by atoms with Crippen LogP contribution < -0.4 is 0 Å². The van der Waals surface area contributed by atoms with Crippen LogP contribution in [0.4, 0.5) is 26.3 Å². The molecule has 5 nitrogen and oxygen atoms in total. The predicted octanol–water partition coefficient (Wildman–Crippen LogP) is 6.85. The Morgan fingerprint density at radius 1 is 0.974 bits per heavy atom. The molecule has 14 heteroatoms. The van der Waals surface area contributed by atoms with E-state index in [1.165, 1.54) is 11.0 Å². The number of piperidine rings is 1. The molecule has 0 radical (unpaired) electrons. The van der Waals surface area contributed by atoms with Crippen molar-refractivity contribution in [2.24, 2.45) is 0 Å². The van der Waals surface area contributed by atoms with Crippen molar-refractivity contribution in [1.29, 1.82) is 0 Å². The molecule has 2 aromatic rings. The smallest absolute Gasteiger partial charge is 0.337 e. The highest BCUT2D eigenvalue weighted by Gasteiger charge is 2.41. The van der Waals surface area contributed by atoms with E-state index in [1.54, 1.807) is 12.1 Å². The summed E-state index contributed by atoms with van der Waals surface area (Å²) in [5, 5.41) is 0.477. The summed E-state index contributed by atoms with van der Waals surface area (Å²) in [5.74, 6) is -0.445. The second-order valence-electron chi connectivity index (χ2n) is 9.20. The zero-order valence-electron chi connectivity index (χ0n) is 19.9. The third kappa shape index (κ3) is 7.77. The van der Waals surface area contributed by atoms with Crippen LogP contribution >= 0.6 is 23.2 Å². The van der Waals surface area contributed by atoms with E-state index in [-0.39, 0.29) is 54.1 Å². The van der Waals surface area contributed by atoms with Crippen molar-refractivity contribution < 1.29 is 43.7 Å². The lowest BCUT2D eigenvalue weighted by molar-refractivity contribution is -0.143. The molecule has 1 aliphatic rings. The van der Waals surface area contributed by atoms with Crippen LogP contribution in [0.3, 0.4) is 0 Å². The Balaban J connectivity index is 1.97. The molecule has 1 heterocycles. The van der Waals surface area contributed by atoms with Gasteiger partial charge in [-0.25, -0.2) is 0 Å². The van der Waals surface area contributed by atoms with Crippen molar-refractivity contribution in [3.63, 3.8) is 0 Å². The minimum absolute atomic E-state index is 0.0311. The fourth-order valence-electron chi connectivity index (χ4n) is 4.54. The first-order valence-corrected chi connectivity index (χ1v) is 13.8. The van der Waals surface area contributed by atoms with E-state index in [4.69, 9.17) is 27.4 Å². The maximum absolute atomic E-state index is 13.3. The average molecular weight is 606 g/mol. The zero-order valence-corrected chi connectivity index (χ0v) is 22.3. The van der Waals surface area contributed by atoms with Gasteiger partial charge in [-0.1, -0.05) is 29.3 Å².